The van der Waals surface area contributed by atoms with Crippen LogP contribution in [0, 0.1) is 0 Å². The number of hydrogen-bond acceptors (Lipinski definition) is 5. The average Bonchev–Trinajstić information content (AvgIpc) is 2.68. The number of nitrogens with zero attached hydrogens (tertiary/aromatic N) is 3. The average molecular weight is 212 g/mol. The number of rotatable bonds is 5. The number of carbonyl (C=O) groups is 1. The SMILES string of the molecule is CCOC(=O)C(C)(N)CCn1cncn1. The van der Waals surface area contributed by atoms with Crippen molar-refractivity contribution in [2.24, 2.45) is 5.73 Å². The second kappa shape index (κ2) is 4.88. The molecule has 0 aromatic carbocycles. The first-order valence-electron chi connectivity index (χ1n) is 4.85. The highest BCUT2D eigenvalue weighted by atomic mass is 16.5. The predicted molar refractivity (Wildman–Crippen MR) is 53.9 cm³/mol. The summed E-state index contributed by atoms with van der Waals surface area (Å²) in [7, 11) is 0. The topological polar surface area (TPSA) is 83.0 Å². The first kappa shape index (κ1) is 11.6. The Kier molecular flexibility index (Phi) is 3.79. The molecule has 0 aliphatic rings. The van der Waals surface area contributed by atoms with E-state index in [0.29, 0.717) is 19.6 Å². The van der Waals surface area contributed by atoms with Gasteiger partial charge < -0.3 is 10.5 Å². The van der Waals surface area contributed by atoms with Gasteiger partial charge in [-0.3, -0.25) is 9.48 Å². The highest BCUT2D eigenvalue weighted by Crippen LogP contribution is 2.09. The molecule has 0 spiro atoms. The largest absolute Gasteiger partial charge is 0.465 e. The minimum atomic E-state index is -0.970. The molecule has 15 heavy (non-hydrogen) atoms. The fraction of sp³-hybridized carbons (Fsp3) is 0.667. The van der Waals surface area contributed by atoms with Crippen molar-refractivity contribution < 1.29 is 9.53 Å². The van der Waals surface area contributed by atoms with E-state index in [4.69, 9.17) is 10.5 Å². The highest BCUT2D eigenvalue weighted by Gasteiger charge is 2.29. The van der Waals surface area contributed by atoms with Crippen molar-refractivity contribution in [3.05, 3.63) is 12.7 Å². The molecule has 0 aliphatic heterocycles. The van der Waals surface area contributed by atoms with Gasteiger partial charge in [-0.1, -0.05) is 0 Å². The summed E-state index contributed by atoms with van der Waals surface area (Å²) in [5, 5.41) is 3.92. The summed E-state index contributed by atoms with van der Waals surface area (Å²) < 4.78 is 6.50. The molecule has 6 nitrogen and oxygen atoms in total. The predicted octanol–water partition coefficient (Wildman–Crippen LogP) is -0.0513. The molecule has 2 N–H and O–H groups in total. The van der Waals surface area contributed by atoms with Gasteiger partial charge in [-0.2, -0.15) is 5.10 Å². The summed E-state index contributed by atoms with van der Waals surface area (Å²) >= 11 is 0. The van der Waals surface area contributed by atoms with E-state index in [0.717, 1.165) is 0 Å². The summed E-state index contributed by atoms with van der Waals surface area (Å²) in [5.74, 6) is -0.384. The van der Waals surface area contributed by atoms with Crippen LogP contribution in [0.25, 0.3) is 0 Å². The van der Waals surface area contributed by atoms with Crippen molar-refractivity contribution in [2.45, 2.75) is 32.4 Å². The van der Waals surface area contributed by atoms with Gasteiger partial charge in [0, 0.05) is 6.54 Å². The minimum absolute atomic E-state index is 0.342. The van der Waals surface area contributed by atoms with Gasteiger partial charge in [0.05, 0.1) is 6.61 Å². The zero-order valence-electron chi connectivity index (χ0n) is 9.01. The number of nitrogens with two attached hydrogens (primary N) is 1. The van der Waals surface area contributed by atoms with E-state index in [-0.39, 0.29) is 5.97 Å². The van der Waals surface area contributed by atoms with Crippen LogP contribution < -0.4 is 5.73 Å². The third-order valence-electron chi connectivity index (χ3n) is 2.07. The third-order valence-corrected chi connectivity index (χ3v) is 2.07. The van der Waals surface area contributed by atoms with Gasteiger partial charge in [0.25, 0.3) is 0 Å². The summed E-state index contributed by atoms with van der Waals surface area (Å²) in [6.45, 7) is 4.30. The quantitative estimate of drug-likeness (QED) is 0.692. The molecule has 0 radical (unpaired) electrons. The second-order valence-corrected chi connectivity index (χ2v) is 3.55. The molecular formula is C9H16N4O2. The Morgan fingerprint density at radius 1 is 1.67 bits per heavy atom. The van der Waals surface area contributed by atoms with Gasteiger partial charge in [0.2, 0.25) is 0 Å². The molecule has 1 unspecified atom stereocenters. The van der Waals surface area contributed by atoms with Crippen LogP contribution in [-0.4, -0.2) is 32.9 Å². The van der Waals surface area contributed by atoms with Crippen LogP contribution in [0.1, 0.15) is 20.3 Å². The minimum Gasteiger partial charge on any atom is -0.465 e. The molecule has 1 rings (SSSR count). The summed E-state index contributed by atoms with van der Waals surface area (Å²) in [6.07, 6.45) is 3.49. The van der Waals surface area contributed by atoms with Crippen LogP contribution in [0.3, 0.4) is 0 Å². The summed E-state index contributed by atoms with van der Waals surface area (Å²) in [4.78, 5) is 15.2. The second-order valence-electron chi connectivity index (χ2n) is 3.55. The number of hydrogen-bond donors (Lipinski definition) is 1. The number of ether oxygens (including phenoxy) is 1. The maximum Gasteiger partial charge on any atom is 0.325 e. The van der Waals surface area contributed by atoms with E-state index >= 15 is 0 Å². The maximum absolute atomic E-state index is 11.4. The van der Waals surface area contributed by atoms with Crippen molar-refractivity contribution in [1.29, 1.82) is 0 Å². The van der Waals surface area contributed by atoms with E-state index in [1.54, 1.807) is 24.9 Å². The molecule has 1 atom stereocenters. The van der Waals surface area contributed by atoms with Gasteiger partial charge in [0.1, 0.15) is 18.2 Å². The molecule has 0 saturated carbocycles. The first-order valence-corrected chi connectivity index (χ1v) is 4.85. The van der Waals surface area contributed by atoms with Gasteiger partial charge in [-0.25, -0.2) is 4.98 Å². The normalized spacial score (nSPS) is 14.6. The fourth-order valence-corrected chi connectivity index (χ4v) is 1.09. The van der Waals surface area contributed by atoms with Gasteiger partial charge >= 0.3 is 5.97 Å². The maximum atomic E-state index is 11.4. The van der Waals surface area contributed by atoms with Crippen LogP contribution >= 0.6 is 0 Å². The summed E-state index contributed by atoms with van der Waals surface area (Å²) in [5.41, 5.74) is 4.86. The molecule has 6 heteroatoms. The zero-order chi connectivity index (χ0) is 11.3. The van der Waals surface area contributed by atoms with Gasteiger partial charge in [-0.05, 0) is 20.3 Å². The van der Waals surface area contributed by atoms with Crippen molar-refractivity contribution in [3.8, 4) is 0 Å². The number of esters is 1. The van der Waals surface area contributed by atoms with Crippen LogP contribution in [-0.2, 0) is 16.1 Å². The van der Waals surface area contributed by atoms with Crippen LogP contribution in [0.4, 0.5) is 0 Å². The number of aromatic nitrogens is 3. The molecule has 0 bridgehead atoms. The van der Waals surface area contributed by atoms with Crippen LogP contribution in [0.15, 0.2) is 12.7 Å². The third kappa shape index (κ3) is 3.32. The Balaban J connectivity index is 2.45. The van der Waals surface area contributed by atoms with Crippen molar-refractivity contribution >= 4 is 5.97 Å². The Hall–Kier alpha value is -1.43. The lowest BCUT2D eigenvalue weighted by Crippen LogP contribution is -2.46. The van der Waals surface area contributed by atoms with E-state index in [1.807, 2.05) is 0 Å². The fourth-order valence-electron chi connectivity index (χ4n) is 1.09. The van der Waals surface area contributed by atoms with E-state index in [1.165, 1.54) is 6.33 Å². The smallest absolute Gasteiger partial charge is 0.325 e. The molecule has 0 fully saturated rings. The lowest BCUT2D eigenvalue weighted by Gasteiger charge is -2.21. The Morgan fingerprint density at radius 2 is 2.40 bits per heavy atom. The molecular weight excluding hydrogens is 196 g/mol. The van der Waals surface area contributed by atoms with E-state index in [9.17, 15) is 4.79 Å². The molecule has 0 amide bonds. The first-order chi connectivity index (χ1) is 7.06. The lowest BCUT2D eigenvalue weighted by atomic mass is 10.00. The molecule has 1 aromatic rings. The molecule has 1 aromatic heterocycles. The lowest BCUT2D eigenvalue weighted by molar-refractivity contribution is -0.149. The highest BCUT2D eigenvalue weighted by molar-refractivity contribution is 5.79. The Bertz CT molecular complexity index is 308. The zero-order valence-corrected chi connectivity index (χ0v) is 9.01. The molecule has 1 heterocycles. The van der Waals surface area contributed by atoms with Crippen molar-refractivity contribution in [2.75, 3.05) is 6.61 Å². The molecule has 0 aliphatic carbocycles. The summed E-state index contributed by atoms with van der Waals surface area (Å²) in [6, 6.07) is 0. The van der Waals surface area contributed by atoms with E-state index in [2.05, 4.69) is 10.1 Å². The van der Waals surface area contributed by atoms with Crippen molar-refractivity contribution in [1.82, 2.24) is 14.8 Å². The monoisotopic (exact) mass is 212 g/mol. The van der Waals surface area contributed by atoms with Crippen LogP contribution in [0.5, 0.6) is 0 Å². The number of carbonyl (C=O) groups excluding carboxylic acids is 1. The van der Waals surface area contributed by atoms with Crippen LogP contribution in [0.2, 0.25) is 0 Å². The van der Waals surface area contributed by atoms with E-state index < -0.39 is 5.54 Å². The van der Waals surface area contributed by atoms with Gasteiger partial charge in [0.15, 0.2) is 0 Å². The standard InChI is InChI=1S/C9H16N4O2/c1-3-15-8(14)9(2,10)4-5-13-7-11-6-12-13/h6-7H,3-5,10H2,1-2H3. The number of aryl methyl sites for hydroxylation is 1. The molecule has 0 saturated heterocycles. The van der Waals surface area contributed by atoms with Crippen molar-refractivity contribution in [3.63, 3.8) is 0 Å². The Morgan fingerprint density at radius 3 is 2.93 bits per heavy atom. The van der Waals surface area contributed by atoms with Gasteiger partial charge in [-0.15, -0.1) is 0 Å². The molecule has 84 valence electrons. The Labute approximate surface area is 88.4 Å².